The maximum absolute atomic E-state index is 5.79. The van der Waals surface area contributed by atoms with Crippen LogP contribution < -0.4 is 0 Å². The van der Waals surface area contributed by atoms with Gasteiger partial charge in [-0.2, -0.15) is 0 Å². The Kier molecular flexibility index (Phi) is 2.69. The van der Waals surface area contributed by atoms with Gasteiger partial charge in [0.05, 0.1) is 18.1 Å². The lowest BCUT2D eigenvalue weighted by Crippen LogP contribution is -2.07. The summed E-state index contributed by atoms with van der Waals surface area (Å²) in [5, 5.41) is 0.927. The van der Waals surface area contributed by atoms with Crippen LogP contribution in [0.2, 0.25) is 0 Å². The topological polar surface area (TPSA) is 27.1 Å². The molecular formula is C9H13BrN2O. The van der Waals surface area contributed by atoms with Crippen LogP contribution in [0, 0.1) is 0 Å². The van der Waals surface area contributed by atoms with E-state index >= 15 is 0 Å². The van der Waals surface area contributed by atoms with Gasteiger partial charge in [0.15, 0.2) is 0 Å². The van der Waals surface area contributed by atoms with Gasteiger partial charge in [-0.3, -0.25) is 0 Å². The SMILES string of the molecule is Cn1cnc(C2CCC(CBr)O2)c1. The van der Waals surface area contributed by atoms with Crippen LogP contribution >= 0.6 is 15.9 Å². The van der Waals surface area contributed by atoms with Crippen molar-refractivity contribution in [2.45, 2.75) is 25.0 Å². The summed E-state index contributed by atoms with van der Waals surface area (Å²) in [5.74, 6) is 0. The van der Waals surface area contributed by atoms with Gasteiger partial charge in [0.25, 0.3) is 0 Å². The highest BCUT2D eigenvalue weighted by molar-refractivity contribution is 9.09. The van der Waals surface area contributed by atoms with E-state index in [9.17, 15) is 0 Å². The zero-order valence-electron chi connectivity index (χ0n) is 7.61. The van der Waals surface area contributed by atoms with Crippen molar-refractivity contribution < 1.29 is 4.74 Å². The summed E-state index contributed by atoms with van der Waals surface area (Å²) in [6.07, 6.45) is 6.65. The molecular weight excluding hydrogens is 232 g/mol. The van der Waals surface area contributed by atoms with Crippen molar-refractivity contribution in [3.05, 3.63) is 18.2 Å². The van der Waals surface area contributed by atoms with E-state index in [1.54, 1.807) is 0 Å². The second-order valence-electron chi connectivity index (χ2n) is 3.44. The first-order valence-electron chi connectivity index (χ1n) is 4.49. The van der Waals surface area contributed by atoms with E-state index in [1.165, 1.54) is 0 Å². The molecule has 4 heteroatoms. The van der Waals surface area contributed by atoms with Gasteiger partial charge in [-0.1, -0.05) is 15.9 Å². The fraction of sp³-hybridized carbons (Fsp3) is 0.667. The van der Waals surface area contributed by atoms with E-state index in [1.807, 2.05) is 24.1 Å². The van der Waals surface area contributed by atoms with Gasteiger partial charge in [-0.15, -0.1) is 0 Å². The third-order valence-electron chi connectivity index (χ3n) is 2.33. The second kappa shape index (κ2) is 3.80. The number of imidazole rings is 1. The molecule has 0 saturated carbocycles. The Hall–Kier alpha value is -0.350. The predicted octanol–water partition coefficient (Wildman–Crippen LogP) is 2.04. The monoisotopic (exact) mass is 244 g/mol. The third-order valence-corrected chi connectivity index (χ3v) is 3.06. The van der Waals surface area contributed by atoms with Crippen molar-refractivity contribution in [3.63, 3.8) is 0 Å². The van der Waals surface area contributed by atoms with Crippen LogP contribution in [0.25, 0.3) is 0 Å². The minimum atomic E-state index is 0.212. The molecule has 0 amide bonds. The lowest BCUT2D eigenvalue weighted by atomic mass is 10.2. The summed E-state index contributed by atoms with van der Waals surface area (Å²) < 4.78 is 7.75. The van der Waals surface area contributed by atoms with E-state index in [0.29, 0.717) is 6.10 Å². The van der Waals surface area contributed by atoms with Crippen LogP contribution in [-0.2, 0) is 11.8 Å². The molecule has 0 aromatic carbocycles. The Labute approximate surface area is 86.2 Å². The van der Waals surface area contributed by atoms with Crippen molar-refractivity contribution in [3.8, 4) is 0 Å². The molecule has 3 nitrogen and oxygen atoms in total. The Morgan fingerprint density at radius 3 is 3.08 bits per heavy atom. The molecule has 0 radical (unpaired) electrons. The lowest BCUT2D eigenvalue weighted by Gasteiger charge is -2.08. The van der Waals surface area contributed by atoms with Gasteiger partial charge in [0, 0.05) is 18.6 Å². The summed E-state index contributed by atoms with van der Waals surface area (Å²) in [6.45, 7) is 0. The van der Waals surface area contributed by atoms with Gasteiger partial charge >= 0.3 is 0 Å². The van der Waals surface area contributed by atoms with E-state index in [-0.39, 0.29) is 6.10 Å². The standard InChI is InChI=1S/C9H13BrN2O/c1-12-5-8(11-6-12)9-3-2-7(4-10)13-9/h5-7,9H,2-4H2,1H3. The van der Waals surface area contributed by atoms with E-state index in [2.05, 4.69) is 20.9 Å². The van der Waals surface area contributed by atoms with Crippen LogP contribution in [0.3, 0.4) is 0 Å². The molecule has 0 aliphatic carbocycles. The quantitative estimate of drug-likeness (QED) is 0.745. The Balaban J connectivity index is 2.03. The largest absolute Gasteiger partial charge is 0.368 e. The molecule has 1 fully saturated rings. The van der Waals surface area contributed by atoms with Crippen LogP contribution in [0.15, 0.2) is 12.5 Å². The molecule has 72 valence electrons. The summed E-state index contributed by atoms with van der Waals surface area (Å²) in [6, 6.07) is 0. The Morgan fingerprint density at radius 2 is 2.54 bits per heavy atom. The number of aryl methyl sites for hydroxylation is 1. The average Bonchev–Trinajstić information content (AvgIpc) is 2.71. The van der Waals surface area contributed by atoms with Gasteiger partial charge in [-0.05, 0) is 12.8 Å². The number of ether oxygens (including phenoxy) is 1. The molecule has 1 aliphatic heterocycles. The molecule has 0 bridgehead atoms. The van der Waals surface area contributed by atoms with Crippen molar-refractivity contribution in [2.24, 2.45) is 7.05 Å². The summed E-state index contributed by atoms with van der Waals surface area (Å²) >= 11 is 3.43. The Morgan fingerprint density at radius 1 is 1.69 bits per heavy atom. The molecule has 1 aromatic heterocycles. The summed E-state index contributed by atoms with van der Waals surface area (Å²) in [7, 11) is 1.98. The summed E-state index contributed by atoms with van der Waals surface area (Å²) in [5.41, 5.74) is 1.06. The van der Waals surface area contributed by atoms with Gasteiger partial charge < -0.3 is 9.30 Å². The number of hydrogen-bond acceptors (Lipinski definition) is 2. The first kappa shape index (κ1) is 9.21. The average molecular weight is 245 g/mol. The van der Waals surface area contributed by atoms with Crippen LogP contribution in [0.5, 0.6) is 0 Å². The maximum Gasteiger partial charge on any atom is 0.101 e. The molecule has 2 heterocycles. The number of halogens is 1. The first-order valence-corrected chi connectivity index (χ1v) is 5.61. The lowest BCUT2D eigenvalue weighted by molar-refractivity contribution is 0.0565. The number of hydrogen-bond donors (Lipinski definition) is 0. The number of aromatic nitrogens is 2. The number of alkyl halides is 1. The molecule has 1 saturated heterocycles. The van der Waals surface area contributed by atoms with Crippen LogP contribution in [-0.4, -0.2) is 21.0 Å². The first-order chi connectivity index (χ1) is 6.29. The molecule has 1 aromatic rings. The summed E-state index contributed by atoms with van der Waals surface area (Å²) in [4.78, 5) is 4.29. The highest BCUT2D eigenvalue weighted by atomic mass is 79.9. The van der Waals surface area contributed by atoms with Crippen molar-refractivity contribution in [1.82, 2.24) is 9.55 Å². The second-order valence-corrected chi connectivity index (χ2v) is 4.09. The van der Waals surface area contributed by atoms with Gasteiger partial charge in [-0.25, -0.2) is 4.98 Å². The predicted molar refractivity (Wildman–Crippen MR) is 53.9 cm³/mol. The number of rotatable bonds is 2. The van der Waals surface area contributed by atoms with Crippen molar-refractivity contribution in [2.75, 3.05) is 5.33 Å². The molecule has 0 N–H and O–H groups in total. The minimum absolute atomic E-state index is 0.212. The van der Waals surface area contributed by atoms with Crippen LogP contribution in [0.4, 0.5) is 0 Å². The highest BCUT2D eigenvalue weighted by Crippen LogP contribution is 2.32. The third kappa shape index (κ3) is 1.94. The highest BCUT2D eigenvalue weighted by Gasteiger charge is 2.26. The van der Waals surface area contributed by atoms with Crippen LogP contribution in [0.1, 0.15) is 24.6 Å². The fourth-order valence-electron chi connectivity index (χ4n) is 1.64. The minimum Gasteiger partial charge on any atom is -0.368 e. The molecule has 1 aliphatic rings. The molecule has 13 heavy (non-hydrogen) atoms. The van der Waals surface area contributed by atoms with E-state index < -0.39 is 0 Å². The Bertz CT molecular complexity index is 287. The maximum atomic E-state index is 5.79. The molecule has 2 unspecified atom stereocenters. The zero-order chi connectivity index (χ0) is 9.26. The van der Waals surface area contributed by atoms with E-state index in [0.717, 1.165) is 23.9 Å². The van der Waals surface area contributed by atoms with Crippen molar-refractivity contribution in [1.29, 1.82) is 0 Å². The van der Waals surface area contributed by atoms with Gasteiger partial charge in [0.2, 0.25) is 0 Å². The normalized spacial score (nSPS) is 28.2. The molecule has 0 spiro atoms. The number of nitrogens with zero attached hydrogens (tertiary/aromatic N) is 2. The molecule has 2 rings (SSSR count). The smallest absolute Gasteiger partial charge is 0.101 e. The molecule has 2 atom stereocenters. The zero-order valence-corrected chi connectivity index (χ0v) is 9.20. The van der Waals surface area contributed by atoms with E-state index in [4.69, 9.17) is 4.74 Å². The fourth-order valence-corrected chi connectivity index (χ4v) is 2.11. The van der Waals surface area contributed by atoms with Crippen molar-refractivity contribution >= 4 is 15.9 Å². The van der Waals surface area contributed by atoms with Gasteiger partial charge in [0.1, 0.15) is 6.10 Å².